The molecule has 28 heavy (non-hydrogen) atoms. The van der Waals surface area contributed by atoms with E-state index in [1.807, 2.05) is 18.2 Å². The lowest BCUT2D eigenvalue weighted by atomic mass is 10.1. The molecule has 1 aromatic rings. The Bertz CT molecular complexity index is 634. The normalized spacial score (nSPS) is 20.3. The highest BCUT2D eigenvalue weighted by molar-refractivity contribution is 5.48. The van der Waals surface area contributed by atoms with E-state index in [1.165, 1.54) is 19.3 Å². The predicted molar refractivity (Wildman–Crippen MR) is 107 cm³/mol. The standard InChI is InChI=1S/C22H31NO5/c1-2-8-23(9-3-1)10-4-5-20-6-7-21-22(19-20)28-18-16-26-14-12-24-11-13-25-15-17-27-21/h6-7,19H,1-3,8-18H2. The number of likely N-dealkylation sites (tertiary alicyclic amines) is 1. The van der Waals surface area contributed by atoms with Crippen LogP contribution in [0.3, 0.4) is 0 Å². The number of piperidine rings is 1. The van der Waals surface area contributed by atoms with Crippen LogP contribution in [0, 0.1) is 11.8 Å². The highest BCUT2D eigenvalue weighted by atomic mass is 16.6. The third-order valence-corrected chi connectivity index (χ3v) is 4.64. The minimum atomic E-state index is 0.456. The molecule has 2 heterocycles. The van der Waals surface area contributed by atoms with Crippen molar-refractivity contribution in [3.8, 4) is 23.3 Å². The van der Waals surface area contributed by atoms with Gasteiger partial charge in [0, 0.05) is 5.56 Å². The first kappa shape index (κ1) is 20.9. The molecule has 0 unspecified atom stereocenters. The van der Waals surface area contributed by atoms with E-state index in [9.17, 15) is 0 Å². The maximum atomic E-state index is 5.89. The predicted octanol–water partition coefficient (Wildman–Crippen LogP) is 2.34. The van der Waals surface area contributed by atoms with Gasteiger partial charge in [0.05, 0.1) is 46.2 Å². The molecule has 154 valence electrons. The van der Waals surface area contributed by atoms with Gasteiger partial charge in [-0.1, -0.05) is 18.3 Å². The van der Waals surface area contributed by atoms with Crippen molar-refractivity contribution in [2.24, 2.45) is 0 Å². The monoisotopic (exact) mass is 389 g/mol. The molecule has 0 aliphatic carbocycles. The summed E-state index contributed by atoms with van der Waals surface area (Å²) in [5, 5.41) is 0. The molecular weight excluding hydrogens is 358 g/mol. The van der Waals surface area contributed by atoms with E-state index >= 15 is 0 Å². The molecule has 0 N–H and O–H groups in total. The molecule has 6 nitrogen and oxygen atoms in total. The molecule has 0 amide bonds. The zero-order chi connectivity index (χ0) is 19.3. The summed E-state index contributed by atoms with van der Waals surface area (Å²) < 4.78 is 28.2. The zero-order valence-electron chi connectivity index (χ0n) is 16.6. The Hall–Kier alpha value is -1.78. The molecule has 0 bridgehead atoms. The lowest BCUT2D eigenvalue weighted by Gasteiger charge is -2.23. The number of hydrogen-bond acceptors (Lipinski definition) is 6. The van der Waals surface area contributed by atoms with Crippen molar-refractivity contribution in [2.45, 2.75) is 19.3 Å². The van der Waals surface area contributed by atoms with Crippen molar-refractivity contribution >= 4 is 0 Å². The lowest BCUT2D eigenvalue weighted by Crippen LogP contribution is -2.29. The largest absolute Gasteiger partial charge is 0.487 e. The minimum Gasteiger partial charge on any atom is -0.487 e. The van der Waals surface area contributed by atoms with Gasteiger partial charge in [0.2, 0.25) is 0 Å². The summed E-state index contributed by atoms with van der Waals surface area (Å²) >= 11 is 0. The molecule has 0 atom stereocenters. The third kappa shape index (κ3) is 7.69. The van der Waals surface area contributed by atoms with E-state index in [4.69, 9.17) is 23.7 Å². The van der Waals surface area contributed by atoms with Gasteiger partial charge in [0.25, 0.3) is 0 Å². The molecule has 0 saturated carbocycles. The molecule has 1 saturated heterocycles. The van der Waals surface area contributed by atoms with Crippen molar-refractivity contribution in [2.75, 3.05) is 72.5 Å². The number of rotatable bonds is 1. The number of benzene rings is 1. The van der Waals surface area contributed by atoms with Crippen LogP contribution < -0.4 is 9.47 Å². The quantitative estimate of drug-likeness (QED) is 0.688. The van der Waals surface area contributed by atoms with E-state index in [-0.39, 0.29) is 0 Å². The van der Waals surface area contributed by atoms with E-state index in [1.54, 1.807) is 0 Å². The van der Waals surface area contributed by atoms with Crippen LogP contribution in [-0.4, -0.2) is 77.4 Å². The number of nitrogens with zero attached hydrogens (tertiary/aromatic N) is 1. The van der Waals surface area contributed by atoms with Gasteiger partial charge in [0.1, 0.15) is 13.2 Å². The van der Waals surface area contributed by atoms with Gasteiger partial charge in [0.15, 0.2) is 11.5 Å². The number of hydrogen-bond donors (Lipinski definition) is 0. The molecule has 3 rings (SSSR count). The fraction of sp³-hybridized carbons (Fsp3) is 0.636. The summed E-state index contributed by atoms with van der Waals surface area (Å²) in [5.74, 6) is 7.94. The minimum absolute atomic E-state index is 0.456. The van der Waals surface area contributed by atoms with Crippen LogP contribution >= 0.6 is 0 Å². The summed E-state index contributed by atoms with van der Waals surface area (Å²) in [5.41, 5.74) is 0.933. The van der Waals surface area contributed by atoms with Crippen LogP contribution in [0.15, 0.2) is 18.2 Å². The summed E-state index contributed by atoms with van der Waals surface area (Å²) in [6.07, 6.45) is 3.90. The second-order valence-electron chi connectivity index (χ2n) is 6.83. The average Bonchev–Trinajstić information content (AvgIpc) is 2.74. The second-order valence-corrected chi connectivity index (χ2v) is 6.83. The highest BCUT2D eigenvalue weighted by Gasteiger charge is 2.09. The van der Waals surface area contributed by atoms with Crippen molar-refractivity contribution in [3.63, 3.8) is 0 Å². The third-order valence-electron chi connectivity index (χ3n) is 4.64. The van der Waals surface area contributed by atoms with Crippen LogP contribution in [0.5, 0.6) is 11.5 Å². The molecule has 2 aliphatic rings. The first-order valence-corrected chi connectivity index (χ1v) is 10.3. The fourth-order valence-corrected chi connectivity index (χ4v) is 3.15. The molecule has 1 fully saturated rings. The summed E-state index contributed by atoms with van der Waals surface area (Å²) in [6, 6.07) is 5.84. The molecular formula is C22H31NO5. The van der Waals surface area contributed by atoms with Gasteiger partial charge in [-0.05, 0) is 44.1 Å². The van der Waals surface area contributed by atoms with E-state index in [0.29, 0.717) is 64.4 Å². The molecule has 2 aliphatic heterocycles. The van der Waals surface area contributed by atoms with Crippen molar-refractivity contribution in [3.05, 3.63) is 23.8 Å². The Labute approximate surface area is 168 Å². The van der Waals surface area contributed by atoms with Crippen LogP contribution in [-0.2, 0) is 14.2 Å². The lowest BCUT2D eigenvalue weighted by molar-refractivity contribution is 0.00708. The topological polar surface area (TPSA) is 49.4 Å². The molecule has 0 aromatic heterocycles. The van der Waals surface area contributed by atoms with Gasteiger partial charge in [-0.3, -0.25) is 4.90 Å². The Balaban J connectivity index is 1.59. The molecule has 0 spiro atoms. The number of fused-ring (bicyclic) bond motifs is 1. The van der Waals surface area contributed by atoms with Crippen molar-refractivity contribution in [1.82, 2.24) is 4.90 Å². The Kier molecular flexibility index (Phi) is 9.45. The molecule has 0 radical (unpaired) electrons. The Morgan fingerprint density at radius 1 is 0.714 bits per heavy atom. The van der Waals surface area contributed by atoms with Crippen LogP contribution in [0.4, 0.5) is 0 Å². The van der Waals surface area contributed by atoms with Crippen LogP contribution in [0.1, 0.15) is 24.8 Å². The van der Waals surface area contributed by atoms with Crippen molar-refractivity contribution < 1.29 is 23.7 Å². The molecule has 1 aromatic carbocycles. The van der Waals surface area contributed by atoms with Gasteiger partial charge < -0.3 is 23.7 Å². The Morgan fingerprint density at radius 2 is 1.32 bits per heavy atom. The summed E-state index contributed by atoms with van der Waals surface area (Å²) in [4.78, 5) is 2.42. The maximum Gasteiger partial charge on any atom is 0.162 e. The summed E-state index contributed by atoms with van der Waals surface area (Å²) in [7, 11) is 0. The zero-order valence-corrected chi connectivity index (χ0v) is 16.6. The second kappa shape index (κ2) is 12.6. The van der Waals surface area contributed by atoms with Gasteiger partial charge >= 0.3 is 0 Å². The van der Waals surface area contributed by atoms with E-state index < -0.39 is 0 Å². The first-order chi connectivity index (χ1) is 13.9. The molecule has 6 heteroatoms. The van der Waals surface area contributed by atoms with Gasteiger partial charge in [-0.2, -0.15) is 0 Å². The summed E-state index contributed by atoms with van der Waals surface area (Å²) in [6.45, 7) is 7.30. The van der Waals surface area contributed by atoms with E-state index in [2.05, 4.69) is 16.7 Å². The van der Waals surface area contributed by atoms with Gasteiger partial charge in [-0.15, -0.1) is 0 Å². The number of ether oxygens (including phenoxy) is 5. The van der Waals surface area contributed by atoms with Crippen molar-refractivity contribution in [1.29, 1.82) is 0 Å². The smallest absolute Gasteiger partial charge is 0.162 e. The maximum absolute atomic E-state index is 5.89. The first-order valence-electron chi connectivity index (χ1n) is 10.3. The van der Waals surface area contributed by atoms with Crippen LogP contribution in [0.2, 0.25) is 0 Å². The van der Waals surface area contributed by atoms with E-state index in [0.717, 1.165) is 25.2 Å². The SMILES string of the molecule is C(#Cc1ccc2c(c1)OCCOCCOCCOCCO2)CN1CCCCC1. The Morgan fingerprint density at radius 3 is 2.00 bits per heavy atom. The average molecular weight is 389 g/mol. The fourth-order valence-electron chi connectivity index (χ4n) is 3.15. The van der Waals surface area contributed by atoms with Crippen LogP contribution in [0.25, 0.3) is 0 Å². The van der Waals surface area contributed by atoms with Gasteiger partial charge in [-0.25, -0.2) is 0 Å². The highest BCUT2D eigenvalue weighted by Crippen LogP contribution is 2.28.